The summed E-state index contributed by atoms with van der Waals surface area (Å²) < 4.78 is 4.48. The van der Waals surface area contributed by atoms with Crippen LogP contribution in [0.4, 0.5) is 5.82 Å². The highest BCUT2D eigenvalue weighted by Gasteiger charge is 2.47. The topological polar surface area (TPSA) is 61.7 Å². The van der Waals surface area contributed by atoms with Crippen molar-refractivity contribution < 1.29 is 0 Å². The third-order valence-corrected chi connectivity index (χ3v) is 11.8. The van der Waals surface area contributed by atoms with Crippen LogP contribution in [-0.4, -0.2) is 19.1 Å². The Morgan fingerprint density at radius 1 is 0.561 bits per heavy atom. The van der Waals surface area contributed by atoms with Crippen LogP contribution >= 0.6 is 0 Å². The van der Waals surface area contributed by atoms with Crippen LogP contribution in [0.1, 0.15) is 34.9 Å². The number of nitrogens with zero attached hydrogens (tertiary/aromatic N) is 4. The molecule has 0 atom stereocenters. The number of para-hydroxylation sites is 1. The summed E-state index contributed by atoms with van der Waals surface area (Å²) in [5, 5.41) is 2.17. The molecule has 4 aromatic heterocycles. The van der Waals surface area contributed by atoms with E-state index in [1.807, 2.05) is 37.5 Å². The predicted molar refractivity (Wildman–Crippen MR) is 235 cm³/mol. The summed E-state index contributed by atoms with van der Waals surface area (Å²) in [7, 11) is 0. The van der Waals surface area contributed by atoms with E-state index in [4.69, 9.17) is 10.7 Å². The van der Waals surface area contributed by atoms with Gasteiger partial charge in [-0.3, -0.25) is 9.55 Å². The molecule has 57 heavy (non-hydrogen) atoms. The summed E-state index contributed by atoms with van der Waals surface area (Å²) in [5.41, 5.74) is 22.9. The van der Waals surface area contributed by atoms with Gasteiger partial charge in [0.2, 0.25) is 0 Å². The van der Waals surface area contributed by atoms with Gasteiger partial charge in [0.25, 0.3) is 0 Å². The Balaban J connectivity index is 1.05. The Kier molecular flexibility index (Phi) is 7.38. The summed E-state index contributed by atoms with van der Waals surface area (Å²) in [5.74, 6) is 0.703. The van der Waals surface area contributed by atoms with E-state index in [1.165, 1.54) is 22.3 Å². The van der Waals surface area contributed by atoms with Gasteiger partial charge in [-0.15, -0.1) is 0 Å². The second kappa shape index (κ2) is 12.8. The van der Waals surface area contributed by atoms with Gasteiger partial charge in [-0.05, 0) is 82.8 Å². The summed E-state index contributed by atoms with van der Waals surface area (Å²) in [4.78, 5) is 10.1. The minimum absolute atomic E-state index is 0.560. The summed E-state index contributed by atoms with van der Waals surface area (Å²) >= 11 is 0. The maximum atomic E-state index is 6.72. The first kappa shape index (κ1) is 32.9. The van der Waals surface area contributed by atoms with Crippen LogP contribution in [0.3, 0.4) is 0 Å². The van der Waals surface area contributed by atoms with Crippen LogP contribution < -0.4 is 5.73 Å². The van der Waals surface area contributed by atoms with Gasteiger partial charge < -0.3 is 10.3 Å². The van der Waals surface area contributed by atoms with Gasteiger partial charge in [-0.2, -0.15) is 0 Å². The number of nitrogens with two attached hydrogens (primary N) is 1. The molecule has 2 N–H and O–H groups in total. The van der Waals surface area contributed by atoms with Crippen molar-refractivity contribution in [2.24, 2.45) is 0 Å². The number of rotatable bonds is 6. The monoisotopic (exact) mass is 731 g/mol. The van der Waals surface area contributed by atoms with Crippen molar-refractivity contribution in [3.05, 3.63) is 216 Å². The van der Waals surface area contributed by atoms with E-state index in [9.17, 15) is 0 Å². The molecule has 10 aromatic rings. The molecule has 0 spiro atoms. The Morgan fingerprint density at radius 3 is 1.84 bits per heavy atom. The first-order valence-electron chi connectivity index (χ1n) is 19.4. The molecule has 0 radical (unpaired) electrons. The molecular weight excluding hydrogens is 695 g/mol. The third-order valence-electron chi connectivity index (χ3n) is 11.8. The molecule has 5 heteroatoms. The lowest BCUT2D eigenvalue weighted by molar-refractivity contribution is 0.742. The highest BCUT2D eigenvalue weighted by molar-refractivity contribution is 6.09. The molecule has 5 nitrogen and oxygen atoms in total. The molecule has 1 aliphatic rings. The second-order valence-corrected chi connectivity index (χ2v) is 14.8. The van der Waals surface area contributed by atoms with Crippen molar-refractivity contribution in [2.45, 2.75) is 12.3 Å². The van der Waals surface area contributed by atoms with Gasteiger partial charge in [-0.1, -0.05) is 140 Å². The molecule has 0 fully saturated rings. The van der Waals surface area contributed by atoms with Gasteiger partial charge in [0, 0.05) is 45.7 Å². The Morgan fingerprint density at radius 2 is 1.16 bits per heavy atom. The largest absolute Gasteiger partial charge is 0.384 e. The lowest BCUT2D eigenvalue weighted by atomic mass is 9.69. The number of allylic oxidation sites excluding steroid dienone is 1. The van der Waals surface area contributed by atoms with Gasteiger partial charge in [0.1, 0.15) is 5.82 Å². The maximum Gasteiger partial charge on any atom is 0.116 e. The molecule has 0 amide bonds. The van der Waals surface area contributed by atoms with Crippen LogP contribution in [0.2, 0.25) is 0 Å². The number of fused-ring (bicyclic) bond motifs is 7. The quantitative estimate of drug-likeness (QED) is 0.185. The van der Waals surface area contributed by atoms with Crippen molar-refractivity contribution in [3.8, 4) is 33.6 Å². The Labute approximate surface area is 330 Å². The average Bonchev–Trinajstić information content (AvgIpc) is 3.86. The number of aromatic nitrogens is 4. The van der Waals surface area contributed by atoms with E-state index < -0.39 is 5.41 Å². The highest BCUT2D eigenvalue weighted by Crippen LogP contribution is 2.56. The first-order valence-corrected chi connectivity index (χ1v) is 19.4. The fraction of sp³-hybridized carbons (Fsp3) is 0.0385. The van der Waals surface area contributed by atoms with E-state index in [0.29, 0.717) is 5.82 Å². The molecular formula is C52H37N5. The zero-order chi connectivity index (χ0) is 38.1. The zero-order valence-corrected chi connectivity index (χ0v) is 31.3. The van der Waals surface area contributed by atoms with Gasteiger partial charge in [0.15, 0.2) is 0 Å². The van der Waals surface area contributed by atoms with Gasteiger partial charge in [-0.25, -0.2) is 4.98 Å². The van der Waals surface area contributed by atoms with Crippen molar-refractivity contribution in [2.75, 3.05) is 5.73 Å². The second-order valence-electron chi connectivity index (χ2n) is 14.8. The molecule has 11 rings (SSSR count). The zero-order valence-electron chi connectivity index (χ0n) is 31.3. The molecule has 0 aliphatic heterocycles. The standard InChI is InChI=1S/C52H37N5/c1-2-13-41-44-33-54-31-30-47(44)57(51(41)53)39-28-24-35(25-29-39)34-22-26-38(27-23-34)56-46-21-12-10-19-42(46)49-48(56)32-43-40-18-9-11-20-45(40)52(50(43)55-49,36-14-5-3-6-15-36)37-16-7-4-8-17-37/h2-33H,53H2,1H3/b13-2-. The SMILES string of the molecule is C/C=C\c1c(N)n(-c2ccc(-c3ccc(-n4c5ccccc5c5nc6c(cc54)-c4ccccc4C6(c4ccccc4)c4ccccc4)cc3)cc2)c2ccncc12. The van der Waals surface area contributed by atoms with Crippen LogP contribution in [0.25, 0.3) is 72.5 Å². The minimum Gasteiger partial charge on any atom is -0.384 e. The number of anilines is 1. The van der Waals surface area contributed by atoms with Gasteiger partial charge >= 0.3 is 0 Å². The summed E-state index contributed by atoms with van der Waals surface area (Å²) in [6.45, 7) is 2.00. The number of pyridine rings is 2. The van der Waals surface area contributed by atoms with Crippen molar-refractivity contribution in [3.63, 3.8) is 0 Å². The van der Waals surface area contributed by atoms with Crippen molar-refractivity contribution >= 4 is 44.7 Å². The summed E-state index contributed by atoms with van der Waals surface area (Å²) in [6, 6.07) is 61.1. The van der Waals surface area contributed by atoms with E-state index >= 15 is 0 Å². The molecule has 0 bridgehead atoms. The normalized spacial score (nSPS) is 13.1. The van der Waals surface area contributed by atoms with Gasteiger partial charge in [0.05, 0.1) is 33.2 Å². The number of nitrogen functional groups attached to an aromatic ring is 1. The smallest absolute Gasteiger partial charge is 0.116 e. The number of benzene rings is 6. The average molecular weight is 732 g/mol. The molecule has 0 saturated carbocycles. The maximum absolute atomic E-state index is 6.72. The Hall–Kier alpha value is -7.50. The lowest BCUT2D eigenvalue weighted by Crippen LogP contribution is -2.29. The van der Waals surface area contributed by atoms with Crippen molar-refractivity contribution in [1.29, 1.82) is 0 Å². The first-order chi connectivity index (χ1) is 28.2. The highest BCUT2D eigenvalue weighted by atomic mass is 15.1. The third kappa shape index (κ3) is 4.76. The van der Waals surface area contributed by atoms with Crippen LogP contribution in [0.15, 0.2) is 188 Å². The minimum atomic E-state index is -0.560. The fourth-order valence-electron chi connectivity index (χ4n) is 9.34. The lowest BCUT2D eigenvalue weighted by Gasteiger charge is -2.32. The molecule has 1 aliphatic carbocycles. The van der Waals surface area contributed by atoms with Crippen LogP contribution in [-0.2, 0) is 5.41 Å². The molecule has 0 saturated heterocycles. The predicted octanol–water partition coefficient (Wildman–Crippen LogP) is 12.2. The van der Waals surface area contributed by atoms with Crippen molar-refractivity contribution in [1.82, 2.24) is 19.1 Å². The number of hydrogen-bond acceptors (Lipinski definition) is 3. The van der Waals surface area contributed by atoms with E-state index in [0.717, 1.165) is 72.2 Å². The summed E-state index contributed by atoms with van der Waals surface area (Å²) in [6.07, 6.45) is 7.76. The molecule has 6 aromatic carbocycles. The molecule has 4 heterocycles. The Bertz CT molecular complexity index is 3130. The van der Waals surface area contributed by atoms with Crippen LogP contribution in [0.5, 0.6) is 0 Å². The van der Waals surface area contributed by atoms with E-state index in [-0.39, 0.29) is 0 Å². The molecule has 270 valence electrons. The van der Waals surface area contributed by atoms with E-state index in [1.54, 1.807) is 0 Å². The fourth-order valence-corrected chi connectivity index (χ4v) is 9.34. The molecule has 0 unspecified atom stereocenters. The van der Waals surface area contributed by atoms with E-state index in [2.05, 4.69) is 178 Å². The number of hydrogen-bond donors (Lipinski definition) is 1. The van der Waals surface area contributed by atoms with Crippen LogP contribution in [0, 0.1) is 0 Å².